The summed E-state index contributed by atoms with van der Waals surface area (Å²) in [4.78, 5) is 23.8. The van der Waals surface area contributed by atoms with Crippen LogP contribution in [0.2, 0.25) is 0 Å². The average Bonchev–Trinajstić information content (AvgIpc) is 2.50. The molecule has 22 heavy (non-hydrogen) atoms. The maximum atomic E-state index is 12.0. The molecular weight excluding hydrogens is 391 g/mol. The van der Waals surface area contributed by atoms with Crippen LogP contribution < -0.4 is 10.6 Å². The molecule has 0 aliphatic rings. The van der Waals surface area contributed by atoms with E-state index in [4.69, 9.17) is 0 Å². The molecule has 2 aromatic carbocycles. The number of carbonyl (C=O) groups is 2. The van der Waals surface area contributed by atoms with Gasteiger partial charge in [-0.05, 0) is 65.4 Å². The molecule has 114 valence electrons. The molecule has 0 bridgehead atoms. The lowest BCUT2D eigenvalue weighted by Gasteiger charge is -2.08. The number of halogens is 1. The highest BCUT2D eigenvalue weighted by Gasteiger charge is 2.08. The van der Waals surface area contributed by atoms with Gasteiger partial charge < -0.3 is 10.6 Å². The van der Waals surface area contributed by atoms with Gasteiger partial charge in [-0.3, -0.25) is 9.59 Å². The normalized spacial score (nSPS) is 10.1. The topological polar surface area (TPSA) is 58.2 Å². The van der Waals surface area contributed by atoms with Crippen LogP contribution in [0.15, 0.2) is 48.5 Å². The van der Waals surface area contributed by atoms with E-state index in [1.54, 1.807) is 6.07 Å². The van der Waals surface area contributed by atoms with Crippen molar-refractivity contribution in [3.8, 4) is 0 Å². The van der Waals surface area contributed by atoms with Crippen LogP contribution in [0.1, 0.15) is 22.3 Å². The van der Waals surface area contributed by atoms with Gasteiger partial charge in [0, 0.05) is 27.8 Å². The van der Waals surface area contributed by atoms with Crippen molar-refractivity contribution in [1.82, 2.24) is 5.32 Å². The van der Waals surface area contributed by atoms with Gasteiger partial charge in [-0.2, -0.15) is 0 Å². The van der Waals surface area contributed by atoms with Crippen LogP contribution in [-0.4, -0.2) is 18.4 Å². The standard InChI is InChI=1S/C17H17IN2O2/c1-12-4-2-3-5-15(12)17(22)19-11-10-16(21)20-14-8-6-13(18)7-9-14/h2-9H,10-11H2,1H3,(H,19,22)(H,20,21). The minimum atomic E-state index is -0.153. The largest absolute Gasteiger partial charge is 0.352 e. The minimum absolute atomic E-state index is 0.119. The first-order valence-corrected chi connectivity index (χ1v) is 8.03. The number of aryl methyl sites for hydroxylation is 1. The van der Waals surface area contributed by atoms with Crippen molar-refractivity contribution in [3.05, 3.63) is 63.2 Å². The Morgan fingerprint density at radius 2 is 1.73 bits per heavy atom. The Balaban J connectivity index is 1.78. The Morgan fingerprint density at radius 3 is 2.41 bits per heavy atom. The zero-order valence-electron chi connectivity index (χ0n) is 12.2. The third-order valence-corrected chi connectivity index (χ3v) is 3.87. The molecular formula is C17H17IN2O2. The van der Waals surface area contributed by atoms with Crippen molar-refractivity contribution in [2.24, 2.45) is 0 Å². The molecule has 5 heteroatoms. The van der Waals surface area contributed by atoms with Gasteiger partial charge in [0.1, 0.15) is 0 Å². The Bertz CT molecular complexity index is 669. The van der Waals surface area contributed by atoms with Crippen molar-refractivity contribution < 1.29 is 9.59 Å². The van der Waals surface area contributed by atoms with E-state index in [1.807, 2.05) is 49.4 Å². The summed E-state index contributed by atoms with van der Waals surface area (Å²) in [6, 6.07) is 14.9. The van der Waals surface area contributed by atoms with E-state index in [1.165, 1.54) is 0 Å². The second-order valence-corrected chi connectivity index (χ2v) is 6.12. The van der Waals surface area contributed by atoms with E-state index in [0.717, 1.165) is 14.8 Å². The monoisotopic (exact) mass is 408 g/mol. The third-order valence-electron chi connectivity index (χ3n) is 3.16. The van der Waals surface area contributed by atoms with Crippen LogP contribution in [0.5, 0.6) is 0 Å². The summed E-state index contributed by atoms with van der Waals surface area (Å²) >= 11 is 2.21. The number of carbonyl (C=O) groups excluding carboxylic acids is 2. The summed E-state index contributed by atoms with van der Waals surface area (Å²) in [5.74, 6) is -0.272. The molecule has 2 rings (SSSR count). The predicted molar refractivity (Wildman–Crippen MR) is 95.9 cm³/mol. The Morgan fingerprint density at radius 1 is 1.05 bits per heavy atom. The summed E-state index contributed by atoms with van der Waals surface area (Å²) in [7, 11) is 0. The van der Waals surface area contributed by atoms with E-state index in [2.05, 4.69) is 33.2 Å². The number of nitrogens with one attached hydrogen (secondary N) is 2. The van der Waals surface area contributed by atoms with E-state index < -0.39 is 0 Å². The van der Waals surface area contributed by atoms with Gasteiger partial charge >= 0.3 is 0 Å². The van der Waals surface area contributed by atoms with Crippen molar-refractivity contribution in [3.63, 3.8) is 0 Å². The number of benzene rings is 2. The summed E-state index contributed by atoms with van der Waals surface area (Å²) < 4.78 is 1.11. The van der Waals surface area contributed by atoms with Crippen LogP contribution in [0.4, 0.5) is 5.69 Å². The van der Waals surface area contributed by atoms with Crippen LogP contribution in [0.25, 0.3) is 0 Å². The fourth-order valence-electron chi connectivity index (χ4n) is 1.97. The SMILES string of the molecule is Cc1ccccc1C(=O)NCCC(=O)Nc1ccc(I)cc1. The molecule has 2 aromatic rings. The fourth-order valence-corrected chi connectivity index (χ4v) is 2.33. The number of hydrogen-bond acceptors (Lipinski definition) is 2. The molecule has 0 aliphatic carbocycles. The van der Waals surface area contributed by atoms with Gasteiger partial charge in [0.05, 0.1) is 0 Å². The third kappa shape index (κ3) is 4.84. The predicted octanol–water partition coefficient (Wildman–Crippen LogP) is 3.36. The maximum absolute atomic E-state index is 12.0. The molecule has 0 heterocycles. The summed E-state index contributed by atoms with van der Waals surface area (Å²) in [6.45, 7) is 2.20. The summed E-state index contributed by atoms with van der Waals surface area (Å²) in [5, 5.41) is 5.57. The molecule has 0 radical (unpaired) electrons. The number of anilines is 1. The lowest BCUT2D eigenvalue weighted by molar-refractivity contribution is -0.116. The van der Waals surface area contributed by atoms with Gasteiger partial charge in [-0.15, -0.1) is 0 Å². The van der Waals surface area contributed by atoms with Gasteiger partial charge in [0.25, 0.3) is 5.91 Å². The van der Waals surface area contributed by atoms with Crippen molar-refractivity contribution in [1.29, 1.82) is 0 Å². The molecule has 0 aliphatic heterocycles. The van der Waals surface area contributed by atoms with Crippen molar-refractivity contribution >= 4 is 40.1 Å². The Hall–Kier alpha value is -1.89. The van der Waals surface area contributed by atoms with Gasteiger partial charge in [0.15, 0.2) is 0 Å². The number of rotatable bonds is 5. The van der Waals surface area contributed by atoms with Gasteiger partial charge in [-0.1, -0.05) is 18.2 Å². The highest BCUT2D eigenvalue weighted by Crippen LogP contribution is 2.11. The molecule has 2 amide bonds. The first kappa shape index (κ1) is 16.5. The molecule has 4 nitrogen and oxygen atoms in total. The lowest BCUT2D eigenvalue weighted by Crippen LogP contribution is -2.28. The van der Waals surface area contributed by atoms with Crippen LogP contribution in [0, 0.1) is 10.5 Å². The highest BCUT2D eigenvalue weighted by atomic mass is 127. The number of amides is 2. The quantitative estimate of drug-likeness (QED) is 0.746. The first-order chi connectivity index (χ1) is 10.6. The van der Waals surface area contributed by atoms with Crippen LogP contribution >= 0.6 is 22.6 Å². The molecule has 2 N–H and O–H groups in total. The molecule has 0 saturated carbocycles. The smallest absolute Gasteiger partial charge is 0.251 e. The average molecular weight is 408 g/mol. The second-order valence-electron chi connectivity index (χ2n) is 4.88. The minimum Gasteiger partial charge on any atom is -0.352 e. The zero-order valence-corrected chi connectivity index (χ0v) is 14.4. The van der Waals surface area contributed by atoms with E-state index in [9.17, 15) is 9.59 Å². The number of hydrogen-bond donors (Lipinski definition) is 2. The molecule has 0 spiro atoms. The Labute approximate surface area is 143 Å². The molecule has 0 atom stereocenters. The molecule has 0 aromatic heterocycles. The second kappa shape index (κ2) is 7.93. The summed E-state index contributed by atoms with van der Waals surface area (Å²) in [5.41, 5.74) is 2.32. The molecule has 0 unspecified atom stereocenters. The van der Waals surface area contributed by atoms with Gasteiger partial charge in [0.2, 0.25) is 5.91 Å². The lowest BCUT2D eigenvalue weighted by atomic mass is 10.1. The molecule has 0 saturated heterocycles. The van der Waals surface area contributed by atoms with E-state index in [-0.39, 0.29) is 18.2 Å². The highest BCUT2D eigenvalue weighted by molar-refractivity contribution is 14.1. The van der Waals surface area contributed by atoms with Crippen molar-refractivity contribution in [2.45, 2.75) is 13.3 Å². The van der Waals surface area contributed by atoms with Crippen LogP contribution in [0.3, 0.4) is 0 Å². The van der Waals surface area contributed by atoms with Gasteiger partial charge in [-0.25, -0.2) is 0 Å². The van der Waals surface area contributed by atoms with Crippen LogP contribution in [-0.2, 0) is 4.79 Å². The molecule has 0 fully saturated rings. The first-order valence-electron chi connectivity index (χ1n) is 6.95. The van der Waals surface area contributed by atoms with Crippen molar-refractivity contribution in [2.75, 3.05) is 11.9 Å². The Kier molecular flexibility index (Phi) is 5.94. The summed E-state index contributed by atoms with van der Waals surface area (Å²) in [6.07, 6.45) is 0.240. The maximum Gasteiger partial charge on any atom is 0.251 e. The zero-order chi connectivity index (χ0) is 15.9. The fraction of sp³-hybridized carbons (Fsp3) is 0.176. The van der Waals surface area contributed by atoms with E-state index in [0.29, 0.717) is 12.1 Å². The van der Waals surface area contributed by atoms with E-state index >= 15 is 0 Å².